The highest BCUT2D eigenvalue weighted by Crippen LogP contribution is 2.26. The summed E-state index contributed by atoms with van der Waals surface area (Å²) in [5.74, 6) is -0.360. The third kappa shape index (κ3) is 2.34. The molecule has 2 atom stereocenters. The van der Waals surface area contributed by atoms with Gasteiger partial charge in [-0.3, -0.25) is 4.98 Å². The van der Waals surface area contributed by atoms with Crippen LogP contribution in [0.2, 0.25) is 0 Å². The number of aromatic nitrogens is 1. The Balaban J connectivity index is 2.41. The fraction of sp³-hybridized carbons (Fsp3) is 0.333. The molecule has 0 aliphatic rings. The summed E-state index contributed by atoms with van der Waals surface area (Å²) in [6.45, 7) is 3.86. The van der Waals surface area contributed by atoms with Crippen molar-refractivity contribution in [3.8, 4) is 6.07 Å². The number of aliphatic hydroxyl groups excluding tert-OH is 1. The summed E-state index contributed by atoms with van der Waals surface area (Å²) in [7, 11) is 0. The van der Waals surface area contributed by atoms with Gasteiger partial charge < -0.3 is 5.11 Å². The van der Waals surface area contributed by atoms with Gasteiger partial charge in [-0.1, -0.05) is 19.1 Å². The molecule has 2 rings (SSSR count). The Kier molecular flexibility index (Phi) is 3.59. The highest BCUT2D eigenvalue weighted by Gasteiger charge is 2.18. The van der Waals surface area contributed by atoms with Crippen molar-refractivity contribution in [2.24, 2.45) is 5.92 Å². The van der Waals surface area contributed by atoms with Crippen LogP contribution in [0.25, 0.3) is 10.9 Å². The number of benzene rings is 1. The molecule has 0 amide bonds. The van der Waals surface area contributed by atoms with Crippen molar-refractivity contribution in [2.75, 3.05) is 0 Å². The van der Waals surface area contributed by atoms with Gasteiger partial charge in [-0.15, -0.1) is 0 Å². The van der Waals surface area contributed by atoms with Crippen molar-refractivity contribution >= 4 is 10.9 Å². The molecule has 3 nitrogen and oxygen atoms in total. The van der Waals surface area contributed by atoms with Crippen LogP contribution in [-0.4, -0.2) is 10.1 Å². The Bertz CT molecular complexity index is 601. The Hall–Kier alpha value is -1.92. The molecule has 1 aromatic carbocycles. The summed E-state index contributed by atoms with van der Waals surface area (Å²) in [6, 6.07) is 11.7. The van der Waals surface area contributed by atoms with Crippen LogP contribution in [-0.2, 0) is 0 Å². The van der Waals surface area contributed by atoms with Crippen molar-refractivity contribution in [3.05, 3.63) is 41.6 Å². The first kappa shape index (κ1) is 12.5. The summed E-state index contributed by atoms with van der Waals surface area (Å²) in [5.41, 5.74) is 2.66. The van der Waals surface area contributed by atoms with Crippen molar-refractivity contribution < 1.29 is 5.11 Å². The number of pyridine rings is 1. The molecule has 0 bridgehead atoms. The van der Waals surface area contributed by atoms with Gasteiger partial charge in [0.1, 0.15) is 0 Å². The minimum Gasteiger partial charge on any atom is -0.387 e. The maximum Gasteiger partial charge on any atom is 0.0948 e. The first-order chi connectivity index (χ1) is 8.65. The molecule has 1 aromatic heterocycles. The molecule has 0 aliphatic heterocycles. The lowest BCUT2D eigenvalue weighted by Gasteiger charge is -2.15. The van der Waals surface area contributed by atoms with Gasteiger partial charge in [-0.25, -0.2) is 0 Å². The average molecular weight is 240 g/mol. The maximum atomic E-state index is 10.2. The number of nitriles is 1. The summed E-state index contributed by atoms with van der Waals surface area (Å²) < 4.78 is 0. The number of rotatable bonds is 3. The zero-order chi connectivity index (χ0) is 13.1. The predicted octanol–water partition coefficient (Wildman–Crippen LogP) is 3.13. The monoisotopic (exact) mass is 240 g/mol. The fourth-order valence-corrected chi connectivity index (χ4v) is 2.05. The smallest absolute Gasteiger partial charge is 0.0948 e. The average Bonchev–Trinajstić information content (AvgIpc) is 2.39. The van der Waals surface area contributed by atoms with Crippen LogP contribution < -0.4 is 0 Å². The van der Waals surface area contributed by atoms with E-state index in [9.17, 15) is 5.11 Å². The first-order valence-electron chi connectivity index (χ1n) is 6.10. The van der Waals surface area contributed by atoms with Crippen molar-refractivity contribution in [3.63, 3.8) is 0 Å². The standard InChI is InChI=1S/C15H16N2O/c1-3-11(9-16)15(18)13-6-7-14-12(8-13)5-4-10(2)17-14/h4-8,11,15,18H,3H2,1-2H3. The van der Waals surface area contributed by atoms with Gasteiger partial charge in [0, 0.05) is 11.1 Å². The SMILES string of the molecule is CCC(C#N)C(O)c1ccc2nc(C)ccc2c1. The summed E-state index contributed by atoms with van der Waals surface area (Å²) in [6.07, 6.45) is -0.0901. The molecule has 2 unspecified atom stereocenters. The lowest BCUT2D eigenvalue weighted by atomic mass is 9.94. The van der Waals surface area contributed by atoms with Gasteiger partial charge in [-0.05, 0) is 37.1 Å². The van der Waals surface area contributed by atoms with Crippen LogP contribution in [0, 0.1) is 24.2 Å². The molecule has 0 radical (unpaired) electrons. The molecule has 0 spiro atoms. The van der Waals surface area contributed by atoms with Crippen molar-refractivity contribution in [1.82, 2.24) is 4.98 Å². The quantitative estimate of drug-likeness (QED) is 0.896. The van der Waals surface area contributed by atoms with E-state index in [1.54, 1.807) is 0 Å². The highest BCUT2D eigenvalue weighted by molar-refractivity contribution is 5.79. The molecule has 3 heteroatoms. The molecule has 2 aromatic rings. The zero-order valence-corrected chi connectivity index (χ0v) is 10.6. The maximum absolute atomic E-state index is 10.2. The molecule has 0 saturated heterocycles. The molecule has 1 heterocycles. The fourth-order valence-electron chi connectivity index (χ4n) is 2.05. The molecular weight excluding hydrogens is 224 g/mol. The Morgan fingerprint density at radius 2 is 2.11 bits per heavy atom. The van der Waals surface area contributed by atoms with Crippen LogP contribution in [0.1, 0.15) is 30.7 Å². The number of hydrogen-bond acceptors (Lipinski definition) is 3. The van der Waals surface area contributed by atoms with Crippen LogP contribution in [0.4, 0.5) is 0 Å². The number of hydrogen-bond donors (Lipinski definition) is 1. The largest absolute Gasteiger partial charge is 0.387 e. The van der Waals surface area contributed by atoms with E-state index >= 15 is 0 Å². The van der Waals surface area contributed by atoms with E-state index in [-0.39, 0.29) is 5.92 Å². The highest BCUT2D eigenvalue weighted by atomic mass is 16.3. The van der Waals surface area contributed by atoms with E-state index in [1.165, 1.54) is 0 Å². The third-order valence-corrected chi connectivity index (χ3v) is 3.18. The van der Waals surface area contributed by atoms with E-state index in [1.807, 2.05) is 44.2 Å². The van der Waals surface area contributed by atoms with Crippen molar-refractivity contribution in [2.45, 2.75) is 26.4 Å². The molecular formula is C15H16N2O. The van der Waals surface area contributed by atoms with Crippen LogP contribution in [0.3, 0.4) is 0 Å². The van der Waals surface area contributed by atoms with E-state index in [0.29, 0.717) is 6.42 Å². The van der Waals surface area contributed by atoms with E-state index in [2.05, 4.69) is 11.1 Å². The summed E-state index contributed by atoms with van der Waals surface area (Å²) in [4.78, 5) is 4.41. The van der Waals surface area contributed by atoms with Gasteiger partial charge in [0.05, 0.1) is 23.6 Å². The molecule has 92 valence electrons. The van der Waals surface area contributed by atoms with Crippen LogP contribution >= 0.6 is 0 Å². The molecule has 18 heavy (non-hydrogen) atoms. The molecule has 0 saturated carbocycles. The van der Waals surface area contributed by atoms with Gasteiger partial charge in [0.15, 0.2) is 0 Å². The predicted molar refractivity (Wildman–Crippen MR) is 70.8 cm³/mol. The normalized spacial score (nSPS) is 14.1. The second kappa shape index (κ2) is 5.16. The first-order valence-corrected chi connectivity index (χ1v) is 6.10. The molecule has 1 N–H and O–H groups in total. The number of nitrogens with zero attached hydrogens (tertiary/aromatic N) is 2. The summed E-state index contributed by atoms with van der Waals surface area (Å²) in [5, 5.41) is 20.1. The van der Waals surface area contributed by atoms with E-state index in [0.717, 1.165) is 22.2 Å². The van der Waals surface area contributed by atoms with Crippen LogP contribution in [0.15, 0.2) is 30.3 Å². The van der Waals surface area contributed by atoms with Gasteiger partial charge >= 0.3 is 0 Å². The van der Waals surface area contributed by atoms with Crippen molar-refractivity contribution in [1.29, 1.82) is 5.26 Å². The van der Waals surface area contributed by atoms with Gasteiger partial charge in [0.25, 0.3) is 0 Å². The second-order valence-corrected chi connectivity index (χ2v) is 4.49. The molecule has 0 fully saturated rings. The Morgan fingerprint density at radius 3 is 2.78 bits per heavy atom. The Morgan fingerprint density at radius 1 is 1.33 bits per heavy atom. The van der Waals surface area contributed by atoms with Gasteiger partial charge in [0.2, 0.25) is 0 Å². The summed E-state index contributed by atoms with van der Waals surface area (Å²) >= 11 is 0. The zero-order valence-electron chi connectivity index (χ0n) is 10.6. The minimum absolute atomic E-state index is 0.360. The second-order valence-electron chi connectivity index (χ2n) is 4.49. The third-order valence-electron chi connectivity index (χ3n) is 3.18. The number of aliphatic hydroxyl groups is 1. The number of fused-ring (bicyclic) bond motifs is 1. The van der Waals surface area contributed by atoms with Gasteiger partial charge in [-0.2, -0.15) is 5.26 Å². The van der Waals surface area contributed by atoms with E-state index in [4.69, 9.17) is 5.26 Å². The Labute approximate surface area is 107 Å². The number of aryl methyl sites for hydroxylation is 1. The minimum atomic E-state index is -0.731. The lowest BCUT2D eigenvalue weighted by molar-refractivity contribution is 0.133. The topological polar surface area (TPSA) is 56.9 Å². The lowest BCUT2D eigenvalue weighted by Crippen LogP contribution is -2.09. The van der Waals surface area contributed by atoms with Crippen LogP contribution in [0.5, 0.6) is 0 Å². The molecule has 0 aliphatic carbocycles. The van der Waals surface area contributed by atoms with E-state index < -0.39 is 6.10 Å².